The summed E-state index contributed by atoms with van der Waals surface area (Å²) in [4.78, 5) is 17.7. The Balaban J connectivity index is 1.62. The van der Waals surface area contributed by atoms with Crippen LogP contribution in [0.5, 0.6) is 5.75 Å². The van der Waals surface area contributed by atoms with Crippen LogP contribution in [0.1, 0.15) is 18.1 Å². The second kappa shape index (κ2) is 12.9. The summed E-state index contributed by atoms with van der Waals surface area (Å²) < 4.78 is 13.0. The lowest BCUT2D eigenvalue weighted by Crippen LogP contribution is -2.12. The molecule has 10 heteroatoms. The van der Waals surface area contributed by atoms with Gasteiger partial charge in [0.2, 0.25) is 0 Å². The number of hydrogen-bond donors (Lipinski definition) is 1. The Labute approximate surface area is 256 Å². The molecule has 0 amide bonds. The van der Waals surface area contributed by atoms with Crippen LogP contribution in [-0.4, -0.2) is 22.7 Å². The number of rotatable bonds is 7. The predicted octanol–water partition coefficient (Wildman–Crippen LogP) is 8.97. The molecule has 1 aliphatic heterocycles. The van der Waals surface area contributed by atoms with Crippen LogP contribution in [0.15, 0.2) is 81.9 Å². The zero-order valence-electron chi connectivity index (χ0n) is 19.3. The van der Waals surface area contributed by atoms with E-state index >= 15 is 0 Å². The van der Waals surface area contributed by atoms with E-state index in [1.165, 1.54) is 11.8 Å². The van der Waals surface area contributed by atoms with Crippen LogP contribution in [0, 0.1) is 7.14 Å². The maximum Gasteiger partial charge on any atom is 0.344 e. The number of aliphatic hydroxyl groups is 1. The summed E-state index contributed by atoms with van der Waals surface area (Å²) in [6, 6.07) is 18.4. The second-order valence-corrected chi connectivity index (χ2v) is 11.8. The van der Waals surface area contributed by atoms with Gasteiger partial charge in [0.05, 0.1) is 24.3 Å². The molecular formula is C27H19Cl2I2NO4S. The Morgan fingerprint density at radius 3 is 2.43 bits per heavy atom. The number of ether oxygens (including phenoxy) is 2. The molecule has 0 bridgehead atoms. The molecule has 0 aromatic heterocycles. The first-order valence-electron chi connectivity index (χ1n) is 11.0. The van der Waals surface area contributed by atoms with E-state index in [-0.39, 0.29) is 17.9 Å². The minimum Gasteiger partial charge on any atom is -0.506 e. The Hall–Kier alpha value is -1.73. The molecule has 190 valence electrons. The highest BCUT2D eigenvalue weighted by Crippen LogP contribution is 2.41. The Morgan fingerprint density at radius 1 is 1.08 bits per heavy atom. The van der Waals surface area contributed by atoms with Crippen molar-refractivity contribution in [1.82, 2.24) is 0 Å². The van der Waals surface area contributed by atoms with E-state index in [2.05, 4.69) is 50.2 Å². The topological polar surface area (TPSA) is 68.1 Å². The number of esters is 1. The molecule has 37 heavy (non-hydrogen) atoms. The van der Waals surface area contributed by atoms with E-state index in [9.17, 15) is 9.90 Å². The molecule has 3 aromatic carbocycles. The smallest absolute Gasteiger partial charge is 0.344 e. The van der Waals surface area contributed by atoms with Crippen LogP contribution in [0.3, 0.4) is 0 Å². The summed E-state index contributed by atoms with van der Waals surface area (Å²) in [5.74, 6) is -0.0352. The molecule has 5 nitrogen and oxygen atoms in total. The zero-order chi connectivity index (χ0) is 26.5. The first-order chi connectivity index (χ1) is 17.8. The van der Waals surface area contributed by atoms with E-state index in [0.29, 0.717) is 32.3 Å². The first-order valence-corrected chi connectivity index (χ1v) is 14.7. The largest absolute Gasteiger partial charge is 0.506 e. The van der Waals surface area contributed by atoms with Gasteiger partial charge in [-0.2, -0.15) is 0 Å². The summed E-state index contributed by atoms with van der Waals surface area (Å²) in [5, 5.41) is 12.5. The summed E-state index contributed by atoms with van der Waals surface area (Å²) in [6.07, 6.45) is 1.82. The Kier molecular flexibility index (Phi) is 9.84. The van der Waals surface area contributed by atoms with Gasteiger partial charge >= 0.3 is 5.97 Å². The van der Waals surface area contributed by atoms with E-state index < -0.39 is 5.97 Å². The van der Waals surface area contributed by atoms with E-state index in [1.807, 2.05) is 54.6 Å². The van der Waals surface area contributed by atoms with Gasteiger partial charge in [-0.05, 0) is 100 Å². The van der Waals surface area contributed by atoms with Gasteiger partial charge < -0.3 is 14.6 Å². The van der Waals surface area contributed by atoms with Gasteiger partial charge in [-0.15, -0.1) is 0 Å². The third-order valence-electron chi connectivity index (χ3n) is 5.06. The number of aliphatic imine (C=N–C) groups is 1. The van der Waals surface area contributed by atoms with Crippen LogP contribution in [0.25, 0.3) is 6.08 Å². The Bertz CT molecular complexity index is 1420. The van der Waals surface area contributed by atoms with Gasteiger partial charge in [-0.25, -0.2) is 9.79 Å². The van der Waals surface area contributed by atoms with Crippen LogP contribution in [-0.2, 0) is 16.1 Å². The lowest BCUT2D eigenvalue weighted by molar-refractivity contribution is -0.138. The highest BCUT2D eigenvalue weighted by atomic mass is 127. The van der Waals surface area contributed by atoms with Crippen molar-refractivity contribution in [1.29, 1.82) is 0 Å². The molecular weight excluding hydrogens is 759 g/mol. The molecule has 0 spiro atoms. The standard InChI is InChI=1S/C27H19Cl2I2NO4S/c1-2-35-27(34)23-24(33)22(37-26(23)32-18-6-4-3-5-7-18)12-15-10-20(30)25(21(31)11-15)36-14-16-8-9-17(28)13-19(16)29/h3-13,33H,2,14H2,1H3/b22-12-,32-26?. The van der Waals surface area contributed by atoms with Crippen LogP contribution in [0.4, 0.5) is 5.69 Å². The minimum atomic E-state index is -0.612. The van der Waals surface area contributed by atoms with Gasteiger partial charge in [-0.3, -0.25) is 0 Å². The van der Waals surface area contributed by atoms with Crippen LogP contribution >= 0.6 is 80.1 Å². The van der Waals surface area contributed by atoms with Crippen LogP contribution < -0.4 is 4.74 Å². The molecule has 0 saturated carbocycles. The molecule has 0 saturated heterocycles. The maximum atomic E-state index is 12.6. The number of para-hydroxylation sites is 1. The number of thioether (sulfide) groups is 1. The van der Waals surface area contributed by atoms with Gasteiger partial charge in [0.25, 0.3) is 0 Å². The van der Waals surface area contributed by atoms with Crippen LogP contribution in [0.2, 0.25) is 10.0 Å². The summed E-state index contributed by atoms with van der Waals surface area (Å²) in [6.45, 7) is 2.21. The third-order valence-corrected chi connectivity index (χ3v) is 8.27. The molecule has 0 fully saturated rings. The van der Waals surface area contributed by atoms with Crippen molar-refractivity contribution in [2.45, 2.75) is 13.5 Å². The van der Waals surface area contributed by atoms with Gasteiger partial charge in [0.15, 0.2) is 0 Å². The molecule has 1 aliphatic rings. The molecule has 1 heterocycles. The molecule has 0 atom stereocenters. The van der Waals surface area contributed by atoms with E-state index in [1.54, 1.807) is 19.1 Å². The van der Waals surface area contributed by atoms with Crippen molar-refractivity contribution < 1.29 is 19.4 Å². The number of aliphatic hydroxyl groups excluding tert-OH is 1. The highest BCUT2D eigenvalue weighted by molar-refractivity contribution is 14.1. The number of carbonyl (C=O) groups excluding carboxylic acids is 1. The van der Waals surface area contributed by atoms with E-state index in [4.69, 9.17) is 32.7 Å². The average molecular weight is 778 g/mol. The molecule has 0 aliphatic carbocycles. The lowest BCUT2D eigenvalue weighted by atomic mass is 10.1. The van der Waals surface area contributed by atoms with Crippen molar-refractivity contribution in [3.8, 4) is 5.75 Å². The summed E-state index contributed by atoms with van der Waals surface area (Å²) >= 11 is 17.9. The number of hydrogen-bond acceptors (Lipinski definition) is 6. The van der Waals surface area contributed by atoms with Crippen molar-refractivity contribution in [3.05, 3.63) is 105 Å². The normalized spacial score (nSPS) is 15.5. The number of halogens is 4. The van der Waals surface area contributed by atoms with Gasteiger partial charge in [-0.1, -0.05) is 59.2 Å². The summed E-state index contributed by atoms with van der Waals surface area (Å²) in [7, 11) is 0. The second-order valence-electron chi connectivity index (χ2n) is 7.65. The lowest BCUT2D eigenvalue weighted by Gasteiger charge is -2.13. The Morgan fingerprint density at radius 2 is 1.78 bits per heavy atom. The highest BCUT2D eigenvalue weighted by Gasteiger charge is 2.33. The number of nitrogens with zero attached hydrogens (tertiary/aromatic N) is 1. The monoisotopic (exact) mass is 777 g/mol. The molecule has 4 rings (SSSR count). The summed E-state index contributed by atoms with van der Waals surface area (Å²) in [5.41, 5.74) is 2.40. The average Bonchev–Trinajstić information content (AvgIpc) is 3.14. The first kappa shape index (κ1) is 28.3. The molecule has 3 aromatic rings. The zero-order valence-corrected chi connectivity index (χ0v) is 25.9. The maximum absolute atomic E-state index is 12.6. The van der Waals surface area contributed by atoms with Crippen molar-refractivity contribution in [3.63, 3.8) is 0 Å². The predicted molar refractivity (Wildman–Crippen MR) is 168 cm³/mol. The SMILES string of the molecule is CCOC(=O)C1=C(O)/C(=C/c2cc(I)c(OCc3ccc(Cl)cc3Cl)c(I)c2)SC1=Nc1ccccc1. The molecule has 0 radical (unpaired) electrons. The van der Waals surface area contributed by atoms with Gasteiger partial charge in [0, 0.05) is 15.6 Å². The van der Waals surface area contributed by atoms with Gasteiger partial charge in [0.1, 0.15) is 28.7 Å². The molecule has 1 N–H and O–H groups in total. The van der Waals surface area contributed by atoms with E-state index in [0.717, 1.165) is 24.0 Å². The van der Waals surface area contributed by atoms with Crippen molar-refractivity contribution in [2.24, 2.45) is 4.99 Å². The minimum absolute atomic E-state index is 0.0612. The van der Waals surface area contributed by atoms with Crippen molar-refractivity contribution in [2.75, 3.05) is 6.61 Å². The third kappa shape index (κ3) is 7.03. The molecule has 0 unspecified atom stereocenters. The fraction of sp³-hybridized carbons (Fsp3) is 0.111. The van der Waals surface area contributed by atoms with Crippen molar-refractivity contribution >= 4 is 103 Å². The number of carbonyl (C=O) groups is 1. The fourth-order valence-corrected chi connectivity index (χ4v) is 6.98. The fourth-order valence-electron chi connectivity index (χ4n) is 3.35. The number of benzene rings is 3. The quantitative estimate of drug-likeness (QED) is 0.192.